The van der Waals surface area contributed by atoms with Gasteiger partial charge in [0, 0.05) is 7.11 Å². The van der Waals surface area contributed by atoms with Crippen LogP contribution >= 0.6 is 0 Å². The quantitative estimate of drug-likeness (QED) is 0.691. The summed E-state index contributed by atoms with van der Waals surface area (Å²) in [5, 5.41) is 8.00. The number of ether oxygens (including phenoxy) is 1. The van der Waals surface area contributed by atoms with Gasteiger partial charge in [-0.05, 0) is 0 Å². The molecule has 0 unspecified atom stereocenters. The lowest BCUT2D eigenvalue weighted by Crippen LogP contribution is -2.32. The Labute approximate surface area is 60.8 Å². The Morgan fingerprint density at radius 1 is 1.64 bits per heavy atom. The van der Waals surface area contributed by atoms with Crippen molar-refractivity contribution < 1.29 is 27.8 Å². The van der Waals surface area contributed by atoms with Gasteiger partial charge in [0.15, 0.2) is 6.10 Å². The molecule has 1 N–H and O–H groups in total. The summed E-state index contributed by atoms with van der Waals surface area (Å²) >= 11 is 0. The van der Waals surface area contributed by atoms with E-state index >= 15 is 0 Å². The van der Waals surface area contributed by atoms with Crippen molar-refractivity contribution in [2.75, 3.05) is 7.11 Å². The van der Waals surface area contributed by atoms with Gasteiger partial charge in [-0.1, -0.05) is 0 Å². The Morgan fingerprint density at radius 2 is 2.09 bits per heavy atom. The SMILES string of the molecule is CO[C@H](CC(=O)O)C(F)(F)F. The van der Waals surface area contributed by atoms with E-state index in [0.717, 1.165) is 7.11 Å². The van der Waals surface area contributed by atoms with Gasteiger partial charge in [0.25, 0.3) is 0 Å². The van der Waals surface area contributed by atoms with Crippen molar-refractivity contribution in [3.05, 3.63) is 0 Å². The predicted molar refractivity (Wildman–Crippen MR) is 29.1 cm³/mol. The van der Waals surface area contributed by atoms with E-state index in [1.54, 1.807) is 0 Å². The zero-order valence-electron chi connectivity index (χ0n) is 5.68. The lowest BCUT2D eigenvalue weighted by molar-refractivity contribution is -0.216. The van der Waals surface area contributed by atoms with Crippen LogP contribution in [0.5, 0.6) is 0 Å². The van der Waals surface area contributed by atoms with Crippen molar-refractivity contribution in [1.82, 2.24) is 0 Å². The molecule has 0 aromatic rings. The maximum atomic E-state index is 11.7. The van der Waals surface area contributed by atoms with Gasteiger partial charge in [0.05, 0.1) is 6.42 Å². The molecule has 0 aliphatic heterocycles. The van der Waals surface area contributed by atoms with Crippen molar-refractivity contribution >= 4 is 5.97 Å². The molecule has 0 aromatic carbocycles. The van der Waals surface area contributed by atoms with Crippen LogP contribution in [-0.4, -0.2) is 30.5 Å². The highest BCUT2D eigenvalue weighted by atomic mass is 19.4. The summed E-state index contributed by atoms with van der Waals surface area (Å²) in [6.45, 7) is 0. The van der Waals surface area contributed by atoms with Gasteiger partial charge in [0.1, 0.15) is 0 Å². The highest BCUT2D eigenvalue weighted by Crippen LogP contribution is 2.24. The molecule has 0 heterocycles. The molecule has 66 valence electrons. The van der Waals surface area contributed by atoms with Gasteiger partial charge in [-0.2, -0.15) is 13.2 Å². The van der Waals surface area contributed by atoms with Crippen LogP contribution in [0.15, 0.2) is 0 Å². The van der Waals surface area contributed by atoms with Gasteiger partial charge >= 0.3 is 12.1 Å². The van der Waals surface area contributed by atoms with Crippen molar-refractivity contribution in [3.8, 4) is 0 Å². The van der Waals surface area contributed by atoms with Crippen LogP contribution < -0.4 is 0 Å². The van der Waals surface area contributed by atoms with E-state index < -0.39 is 24.7 Å². The van der Waals surface area contributed by atoms with Crippen LogP contribution in [0.2, 0.25) is 0 Å². The first-order valence-corrected chi connectivity index (χ1v) is 2.69. The Balaban J connectivity index is 4.07. The molecular weight excluding hydrogens is 165 g/mol. The summed E-state index contributed by atoms with van der Waals surface area (Å²) in [4.78, 5) is 9.84. The van der Waals surface area contributed by atoms with E-state index in [-0.39, 0.29) is 0 Å². The third kappa shape index (κ3) is 3.82. The smallest absolute Gasteiger partial charge is 0.415 e. The number of hydrogen-bond donors (Lipinski definition) is 1. The first kappa shape index (κ1) is 10.2. The number of carboxylic acid groups (broad SMARTS) is 1. The summed E-state index contributed by atoms with van der Waals surface area (Å²) in [7, 11) is 0.821. The number of carboxylic acids is 1. The normalized spacial score (nSPS) is 14.5. The second-order valence-electron chi connectivity index (χ2n) is 1.86. The molecule has 0 bridgehead atoms. The van der Waals surface area contributed by atoms with Gasteiger partial charge < -0.3 is 9.84 Å². The molecule has 11 heavy (non-hydrogen) atoms. The van der Waals surface area contributed by atoms with Crippen molar-refractivity contribution in [2.45, 2.75) is 18.7 Å². The third-order valence-electron chi connectivity index (χ3n) is 1.01. The van der Waals surface area contributed by atoms with Crippen molar-refractivity contribution in [2.24, 2.45) is 0 Å². The van der Waals surface area contributed by atoms with Crippen LogP contribution in [0.1, 0.15) is 6.42 Å². The number of alkyl halides is 3. The average Bonchev–Trinajstić information content (AvgIpc) is 1.79. The summed E-state index contributed by atoms with van der Waals surface area (Å²) in [6, 6.07) is 0. The minimum atomic E-state index is -4.60. The fourth-order valence-electron chi connectivity index (χ4n) is 0.491. The standard InChI is InChI=1S/C5H7F3O3/c1-11-3(2-4(9)10)5(6,7)8/h3H,2H2,1H3,(H,9,10)/t3-/m1/s1. The molecule has 0 spiro atoms. The molecule has 0 radical (unpaired) electrons. The Kier molecular flexibility index (Phi) is 3.31. The Bertz CT molecular complexity index is 142. The molecule has 3 nitrogen and oxygen atoms in total. The zero-order valence-corrected chi connectivity index (χ0v) is 5.68. The van der Waals surface area contributed by atoms with Crippen LogP contribution in [0.4, 0.5) is 13.2 Å². The van der Waals surface area contributed by atoms with Gasteiger partial charge in [-0.25, -0.2) is 0 Å². The molecule has 0 amide bonds. The van der Waals surface area contributed by atoms with Crippen molar-refractivity contribution in [1.29, 1.82) is 0 Å². The molecular formula is C5H7F3O3. The van der Waals surface area contributed by atoms with Crippen LogP contribution in [0.3, 0.4) is 0 Å². The van der Waals surface area contributed by atoms with Gasteiger partial charge in [-0.15, -0.1) is 0 Å². The number of methoxy groups -OCH3 is 1. The van der Waals surface area contributed by atoms with Gasteiger partial charge in [0.2, 0.25) is 0 Å². The molecule has 0 saturated carbocycles. The number of halogens is 3. The molecule has 6 heteroatoms. The molecule has 0 aliphatic carbocycles. The highest BCUT2D eigenvalue weighted by molar-refractivity contribution is 5.67. The fraction of sp³-hybridized carbons (Fsp3) is 0.800. The summed E-state index contributed by atoms with van der Waals surface area (Å²) in [5.74, 6) is -1.53. The number of aliphatic carboxylic acids is 1. The topological polar surface area (TPSA) is 46.5 Å². The molecule has 1 atom stereocenters. The van der Waals surface area contributed by atoms with E-state index in [4.69, 9.17) is 5.11 Å². The summed E-state index contributed by atoms with van der Waals surface area (Å²) < 4.78 is 39.0. The Hall–Kier alpha value is -0.780. The average molecular weight is 172 g/mol. The zero-order chi connectivity index (χ0) is 9.07. The minimum absolute atomic E-state index is 0.821. The lowest BCUT2D eigenvalue weighted by Gasteiger charge is -2.15. The first-order valence-electron chi connectivity index (χ1n) is 2.69. The van der Waals surface area contributed by atoms with E-state index in [9.17, 15) is 18.0 Å². The first-order chi connectivity index (χ1) is 4.88. The molecule has 0 aliphatic rings. The fourth-order valence-corrected chi connectivity index (χ4v) is 0.491. The number of rotatable bonds is 3. The molecule has 0 rings (SSSR count). The maximum absolute atomic E-state index is 11.7. The van der Waals surface area contributed by atoms with Gasteiger partial charge in [-0.3, -0.25) is 4.79 Å². The summed E-state index contributed by atoms with van der Waals surface area (Å²) in [6.07, 6.45) is -7.87. The lowest BCUT2D eigenvalue weighted by atomic mass is 10.2. The van der Waals surface area contributed by atoms with Crippen LogP contribution in [-0.2, 0) is 9.53 Å². The second-order valence-corrected chi connectivity index (χ2v) is 1.86. The number of carbonyl (C=O) groups is 1. The molecule has 0 saturated heterocycles. The van der Waals surface area contributed by atoms with Crippen molar-refractivity contribution in [3.63, 3.8) is 0 Å². The van der Waals surface area contributed by atoms with E-state index in [1.165, 1.54) is 0 Å². The number of hydrogen-bond acceptors (Lipinski definition) is 2. The monoisotopic (exact) mass is 172 g/mol. The maximum Gasteiger partial charge on any atom is 0.415 e. The molecule has 0 aromatic heterocycles. The van der Waals surface area contributed by atoms with E-state index in [0.29, 0.717) is 0 Å². The minimum Gasteiger partial charge on any atom is -0.481 e. The van der Waals surface area contributed by atoms with E-state index in [2.05, 4.69) is 4.74 Å². The van der Waals surface area contributed by atoms with E-state index in [1.807, 2.05) is 0 Å². The highest BCUT2D eigenvalue weighted by Gasteiger charge is 2.41. The van der Waals surface area contributed by atoms with Crippen LogP contribution in [0, 0.1) is 0 Å². The van der Waals surface area contributed by atoms with Crippen LogP contribution in [0.25, 0.3) is 0 Å². The molecule has 0 fully saturated rings. The second kappa shape index (κ2) is 3.56. The Morgan fingerprint density at radius 3 is 2.18 bits per heavy atom. The predicted octanol–water partition coefficient (Wildman–Crippen LogP) is 1.04. The third-order valence-corrected chi connectivity index (χ3v) is 1.01. The largest absolute Gasteiger partial charge is 0.481 e. The summed E-state index contributed by atoms with van der Waals surface area (Å²) in [5.41, 5.74) is 0.